The lowest BCUT2D eigenvalue weighted by atomic mass is 10.1. The SMILES string of the molecule is CC(C)CCN(CC(=O)Nc1sccc1C(N)=O)c1c(N)n(Cc2ccccc2)c(=O)[nH]c1=O. The molecule has 0 atom stereocenters. The van der Waals surface area contributed by atoms with E-state index < -0.39 is 23.1 Å². The number of nitrogen functional groups attached to an aromatic ring is 1. The molecule has 180 valence electrons. The average molecular weight is 485 g/mol. The third-order valence-corrected chi connectivity index (χ3v) is 6.04. The highest BCUT2D eigenvalue weighted by Crippen LogP contribution is 2.23. The Bertz CT molecular complexity index is 1280. The van der Waals surface area contributed by atoms with Gasteiger partial charge < -0.3 is 21.7 Å². The molecule has 11 heteroatoms. The number of amides is 2. The maximum absolute atomic E-state index is 12.9. The van der Waals surface area contributed by atoms with E-state index in [0.29, 0.717) is 23.9 Å². The zero-order valence-corrected chi connectivity index (χ0v) is 19.9. The number of aromatic nitrogens is 2. The Morgan fingerprint density at radius 2 is 1.88 bits per heavy atom. The number of rotatable bonds is 10. The molecule has 3 aromatic rings. The minimum atomic E-state index is -0.669. The van der Waals surface area contributed by atoms with Gasteiger partial charge in [0.1, 0.15) is 16.5 Å². The van der Waals surface area contributed by atoms with Gasteiger partial charge >= 0.3 is 5.69 Å². The van der Waals surface area contributed by atoms with Crippen LogP contribution in [0.4, 0.5) is 16.5 Å². The second kappa shape index (κ2) is 10.8. The smallest absolute Gasteiger partial charge is 0.330 e. The first-order valence-corrected chi connectivity index (χ1v) is 11.6. The van der Waals surface area contributed by atoms with Crippen molar-refractivity contribution < 1.29 is 9.59 Å². The van der Waals surface area contributed by atoms with E-state index in [4.69, 9.17) is 11.5 Å². The molecule has 0 aliphatic carbocycles. The molecule has 0 bridgehead atoms. The molecule has 34 heavy (non-hydrogen) atoms. The molecular formula is C23H28N6O4S. The Hall–Kier alpha value is -3.86. The number of anilines is 3. The van der Waals surface area contributed by atoms with Crippen molar-refractivity contribution in [2.75, 3.05) is 29.0 Å². The first-order valence-electron chi connectivity index (χ1n) is 10.8. The number of nitrogens with one attached hydrogen (secondary N) is 2. The van der Waals surface area contributed by atoms with Crippen LogP contribution in [0.2, 0.25) is 0 Å². The minimum Gasteiger partial charge on any atom is -0.383 e. The number of nitrogens with two attached hydrogens (primary N) is 2. The monoisotopic (exact) mass is 484 g/mol. The molecule has 0 unspecified atom stereocenters. The summed E-state index contributed by atoms with van der Waals surface area (Å²) in [6.07, 6.45) is 0.676. The Kier molecular flexibility index (Phi) is 7.90. The summed E-state index contributed by atoms with van der Waals surface area (Å²) in [6.45, 7) is 4.35. The lowest BCUT2D eigenvalue weighted by molar-refractivity contribution is -0.115. The van der Waals surface area contributed by atoms with Crippen LogP contribution in [0.3, 0.4) is 0 Å². The lowest BCUT2D eigenvalue weighted by Gasteiger charge is -2.26. The number of thiophene rings is 1. The van der Waals surface area contributed by atoms with Crippen molar-refractivity contribution in [3.8, 4) is 0 Å². The highest BCUT2D eigenvalue weighted by atomic mass is 32.1. The van der Waals surface area contributed by atoms with Gasteiger partial charge in [0.2, 0.25) is 5.91 Å². The topological polar surface area (TPSA) is 156 Å². The largest absolute Gasteiger partial charge is 0.383 e. The van der Waals surface area contributed by atoms with Crippen LogP contribution >= 0.6 is 11.3 Å². The predicted octanol–water partition coefficient (Wildman–Crippen LogP) is 1.82. The number of nitrogens with zero attached hydrogens (tertiary/aromatic N) is 2. The fourth-order valence-electron chi connectivity index (χ4n) is 3.43. The van der Waals surface area contributed by atoms with Gasteiger partial charge in [-0.15, -0.1) is 11.3 Å². The molecule has 2 aromatic heterocycles. The number of primary amides is 1. The van der Waals surface area contributed by atoms with E-state index in [-0.39, 0.29) is 30.2 Å². The van der Waals surface area contributed by atoms with Gasteiger partial charge in [0.15, 0.2) is 0 Å². The number of H-pyrrole nitrogens is 1. The first kappa shape index (κ1) is 24.8. The summed E-state index contributed by atoms with van der Waals surface area (Å²) >= 11 is 1.17. The zero-order valence-electron chi connectivity index (χ0n) is 19.0. The Morgan fingerprint density at radius 1 is 1.18 bits per heavy atom. The molecule has 0 saturated heterocycles. The number of carbonyl (C=O) groups is 2. The summed E-state index contributed by atoms with van der Waals surface area (Å²) in [4.78, 5) is 53.6. The third-order valence-electron chi connectivity index (χ3n) is 5.21. The van der Waals surface area contributed by atoms with Gasteiger partial charge in [-0.05, 0) is 29.3 Å². The van der Waals surface area contributed by atoms with Crippen LogP contribution in [0, 0.1) is 5.92 Å². The van der Waals surface area contributed by atoms with Crippen molar-refractivity contribution in [2.24, 2.45) is 11.7 Å². The fraction of sp³-hybridized carbons (Fsp3) is 0.304. The number of hydrogen-bond acceptors (Lipinski definition) is 7. The van der Waals surface area contributed by atoms with Gasteiger partial charge in [-0.1, -0.05) is 44.2 Å². The van der Waals surface area contributed by atoms with Crippen molar-refractivity contribution in [3.63, 3.8) is 0 Å². The average Bonchev–Trinajstić information content (AvgIpc) is 3.23. The van der Waals surface area contributed by atoms with Crippen LogP contribution in [-0.4, -0.2) is 34.5 Å². The molecule has 0 spiro atoms. The molecule has 10 nitrogen and oxygen atoms in total. The van der Waals surface area contributed by atoms with E-state index in [1.807, 2.05) is 44.2 Å². The van der Waals surface area contributed by atoms with Gasteiger partial charge in [-0.25, -0.2) is 4.79 Å². The summed E-state index contributed by atoms with van der Waals surface area (Å²) in [5.41, 5.74) is 11.5. The molecule has 0 radical (unpaired) electrons. The van der Waals surface area contributed by atoms with E-state index in [2.05, 4.69) is 10.3 Å². The molecule has 2 heterocycles. The quantitative estimate of drug-likeness (QED) is 0.344. The van der Waals surface area contributed by atoms with Gasteiger partial charge in [0.25, 0.3) is 11.5 Å². The molecule has 0 fully saturated rings. The van der Waals surface area contributed by atoms with E-state index >= 15 is 0 Å². The van der Waals surface area contributed by atoms with Gasteiger partial charge in [0.05, 0.1) is 18.7 Å². The van der Waals surface area contributed by atoms with Crippen LogP contribution in [0.1, 0.15) is 36.2 Å². The van der Waals surface area contributed by atoms with Gasteiger partial charge in [0, 0.05) is 6.54 Å². The van der Waals surface area contributed by atoms with Crippen LogP contribution in [0.25, 0.3) is 0 Å². The van der Waals surface area contributed by atoms with Gasteiger partial charge in [-0.2, -0.15) is 0 Å². The van der Waals surface area contributed by atoms with Crippen molar-refractivity contribution in [3.05, 3.63) is 73.7 Å². The summed E-state index contributed by atoms with van der Waals surface area (Å²) in [7, 11) is 0. The predicted molar refractivity (Wildman–Crippen MR) is 134 cm³/mol. The molecule has 0 aliphatic rings. The summed E-state index contributed by atoms with van der Waals surface area (Å²) in [5, 5.41) is 4.66. The fourth-order valence-corrected chi connectivity index (χ4v) is 4.24. The third kappa shape index (κ3) is 5.93. The number of carbonyl (C=O) groups excluding carboxylic acids is 2. The number of aromatic amines is 1. The van der Waals surface area contributed by atoms with Crippen molar-refractivity contribution in [1.29, 1.82) is 0 Å². The molecular weight excluding hydrogens is 456 g/mol. The van der Waals surface area contributed by atoms with Crippen LogP contribution in [-0.2, 0) is 11.3 Å². The standard InChI is InChI=1S/C23H28N6O4S/c1-14(2)8-10-28(13-17(30)26-22-16(20(25)31)9-11-34-22)18-19(24)29(23(33)27-21(18)32)12-15-6-4-3-5-7-15/h3-7,9,11,14H,8,10,12-13,24H2,1-2H3,(H2,25,31)(H,26,30)(H,27,32,33). The number of hydrogen-bond donors (Lipinski definition) is 4. The molecule has 1 aromatic carbocycles. The van der Waals surface area contributed by atoms with Crippen molar-refractivity contribution in [2.45, 2.75) is 26.8 Å². The van der Waals surface area contributed by atoms with Crippen molar-refractivity contribution >= 4 is 39.7 Å². The van der Waals surface area contributed by atoms with E-state index in [1.165, 1.54) is 22.0 Å². The first-order chi connectivity index (χ1) is 16.2. The summed E-state index contributed by atoms with van der Waals surface area (Å²) in [5.74, 6) is -0.835. The molecule has 6 N–H and O–H groups in total. The zero-order chi connectivity index (χ0) is 24.8. The summed E-state index contributed by atoms with van der Waals surface area (Å²) < 4.78 is 1.27. The maximum atomic E-state index is 12.9. The lowest BCUT2D eigenvalue weighted by Crippen LogP contribution is -2.42. The van der Waals surface area contributed by atoms with E-state index in [1.54, 1.807) is 10.3 Å². The summed E-state index contributed by atoms with van der Waals surface area (Å²) in [6, 6.07) is 10.8. The molecule has 0 saturated carbocycles. The molecule has 3 rings (SSSR count). The van der Waals surface area contributed by atoms with Crippen LogP contribution in [0.15, 0.2) is 51.4 Å². The van der Waals surface area contributed by atoms with Crippen LogP contribution in [0.5, 0.6) is 0 Å². The van der Waals surface area contributed by atoms with Gasteiger partial charge in [-0.3, -0.25) is 23.9 Å². The Balaban J connectivity index is 1.94. The minimum absolute atomic E-state index is 0.0249. The second-order valence-corrected chi connectivity index (χ2v) is 9.16. The molecule has 2 amide bonds. The van der Waals surface area contributed by atoms with Crippen molar-refractivity contribution in [1.82, 2.24) is 9.55 Å². The molecule has 0 aliphatic heterocycles. The van der Waals surface area contributed by atoms with E-state index in [9.17, 15) is 19.2 Å². The Labute approximate surface area is 200 Å². The highest BCUT2D eigenvalue weighted by molar-refractivity contribution is 7.14. The number of benzene rings is 1. The van der Waals surface area contributed by atoms with Crippen LogP contribution < -0.4 is 32.9 Å². The Morgan fingerprint density at radius 3 is 2.53 bits per heavy atom. The van der Waals surface area contributed by atoms with E-state index in [0.717, 1.165) is 5.56 Å². The highest BCUT2D eigenvalue weighted by Gasteiger charge is 2.22. The normalized spacial score (nSPS) is 10.9. The maximum Gasteiger partial charge on any atom is 0.330 e. The second-order valence-electron chi connectivity index (χ2n) is 8.24.